The zero-order valence-electron chi connectivity index (χ0n) is 9.85. The minimum Gasteiger partial charge on any atom is -0.493 e. The normalized spacial score (nSPS) is 10.6. The molecule has 94 valence electrons. The number of benzene rings is 1. The van der Waals surface area contributed by atoms with Crippen LogP contribution in [0.1, 0.15) is 10.4 Å². The first-order valence-corrected chi connectivity index (χ1v) is 6.73. The van der Waals surface area contributed by atoms with E-state index in [4.69, 9.17) is 11.6 Å². The molecule has 2 rings (SSSR count). The van der Waals surface area contributed by atoms with Crippen molar-refractivity contribution in [3.63, 3.8) is 0 Å². The van der Waals surface area contributed by atoms with Crippen molar-refractivity contribution in [1.29, 1.82) is 0 Å². The van der Waals surface area contributed by atoms with Gasteiger partial charge in [-0.1, -0.05) is 17.7 Å². The van der Waals surface area contributed by atoms with Crippen LogP contribution in [-0.4, -0.2) is 27.4 Å². The van der Waals surface area contributed by atoms with Crippen LogP contribution < -0.4 is 0 Å². The van der Waals surface area contributed by atoms with E-state index in [-0.39, 0.29) is 11.4 Å². The van der Waals surface area contributed by atoms with E-state index in [9.17, 15) is 9.90 Å². The number of aromatic nitrogens is 2. The molecule has 1 N–H and O–H groups in total. The lowest BCUT2D eigenvalue weighted by atomic mass is 10.1. The van der Waals surface area contributed by atoms with Crippen molar-refractivity contribution in [1.82, 2.24) is 9.78 Å². The van der Waals surface area contributed by atoms with Crippen LogP contribution in [0.4, 0.5) is 0 Å². The summed E-state index contributed by atoms with van der Waals surface area (Å²) in [5, 5.41) is 14.4. The predicted octanol–water partition coefficient (Wildman–Crippen LogP) is 2.98. The van der Waals surface area contributed by atoms with E-state index in [1.54, 1.807) is 24.9 Å². The van der Waals surface area contributed by atoms with Gasteiger partial charge in [0, 0.05) is 17.5 Å². The van der Waals surface area contributed by atoms with Gasteiger partial charge in [-0.15, -0.1) is 11.8 Å². The Kier molecular flexibility index (Phi) is 3.63. The molecule has 1 aromatic carbocycles. The molecule has 0 atom stereocenters. The van der Waals surface area contributed by atoms with Crippen molar-refractivity contribution < 1.29 is 9.90 Å². The molecule has 4 nitrogen and oxygen atoms in total. The lowest BCUT2D eigenvalue weighted by Gasteiger charge is -2.03. The summed E-state index contributed by atoms with van der Waals surface area (Å²) in [6, 6.07) is 5.43. The number of thioether (sulfide) groups is 1. The topological polar surface area (TPSA) is 55.1 Å². The van der Waals surface area contributed by atoms with Crippen molar-refractivity contribution >= 4 is 29.6 Å². The van der Waals surface area contributed by atoms with Gasteiger partial charge in [-0.2, -0.15) is 5.10 Å². The van der Waals surface area contributed by atoms with Crippen LogP contribution in [-0.2, 0) is 7.05 Å². The molecule has 6 heteroatoms. The molecule has 2 aromatic rings. The number of rotatable bonds is 3. The number of halogens is 1. The smallest absolute Gasteiger partial charge is 0.220 e. The van der Waals surface area contributed by atoms with Gasteiger partial charge in [0.2, 0.25) is 5.88 Å². The number of hydrogen-bond acceptors (Lipinski definition) is 4. The van der Waals surface area contributed by atoms with E-state index in [1.165, 1.54) is 4.68 Å². The second-order valence-electron chi connectivity index (χ2n) is 3.68. The Hall–Kier alpha value is -1.46. The molecule has 0 bridgehead atoms. The molecule has 0 saturated heterocycles. The van der Waals surface area contributed by atoms with Crippen LogP contribution in [0, 0.1) is 0 Å². The minimum atomic E-state index is -0.148. The third-order valence-electron chi connectivity index (χ3n) is 2.60. The predicted molar refractivity (Wildman–Crippen MR) is 72.5 cm³/mol. The van der Waals surface area contributed by atoms with Gasteiger partial charge in [-0.05, 0) is 18.4 Å². The van der Waals surface area contributed by atoms with E-state index in [0.717, 1.165) is 4.90 Å². The van der Waals surface area contributed by atoms with Crippen molar-refractivity contribution in [3.05, 3.63) is 28.8 Å². The highest BCUT2D eigenvalue weighted by atomic mass is 35.5. The van der Waals surface area contributed by atoms with Crippen LogP contribution in [0.3, 0.4) is 0 Å². The zero-order valence-corrected chi connectivity index (χ0v) is 11.4. The van der Waals surface area contributed by atoms with E-state index < -0.39 is 0 Å². The highest BCUT2D eigenvalue weighted by Gasteiger charge is 2.17. The summed E-state index contributed by atoms with van der Waals surface area (Å²) in [4.78, 5) is 11.9. The molecule has 0 aliphatic rings. The summed E-state index contributed by atoms with van der Waals surface area (Å²) >= 11 is 7.66. The van der Waals surface area contributed by atoms with Crippen molar-refractivity contribution in [2.45, 2.75) is 4.90 Å². The molecule has 1 heterocycles. The van der Waals surface area contributed by atoms with Gasteiger partial charge < -0.3 is 5.11 Å². The molecule has 0 amide bonds. The minimum absolute atomic E-state index is 0.148. The van der Waals surface area contributed by atoms with Gasteiger partial charge in [0.25, 0.3) is 0 Å². The van der Waals surface area contributed by atoms with E-state index >= 15 is 0 Å². The molecular weight excluding hydrogens is 272 g/mol. The molecule has 18 heavy (non-hydrogen) atoms. The van der Waals surface area contributed by atoms with Gasteiger partial charge in [0.1, 0.15) is 11.3 Å². The first kappa shape index (κ1) is 13.0. The van der Waals surface area contributed by atoms with Gasteiger partial charge in [0.05, 0.1) is 5.02 Å². The van der Waals surface area contributed by atoms with Crippen molar-refractivity contribution in [3.8, 4) is 17.1 Å². The van der Waals surface area contributed by atoms with Crippen LogP contribution >= 0.6 is 23.4 Å². The number of aldehydes is 1. The van der Waals surface area contributed by atoms with Crippen LogP contribution in [0.15, 0.2) is 23.1 Å². The molecule has 0 aliphatic carbocycles. The Labute approximate surface area is 114 Å². The second kappa shape index (κ2) is 5.04. The van der Waals surface area contributed by atoms with Gasteiger partial charge in [0.15, 0.2) is 6.29 Å². The Balaban J connectivity index is 2.58. The van der Waals surface area contributed by atoms with Gasteiger partial charge in [-0.25, -0.2) is 4.68 Å². The van der Waals surface area contributed by atoms with Gasteiger partial charge >= 0.3 is 0 Å². The fraction of sp³-hybridized carbons (Fsp3) is 0.167. The number of hydrogen-bond donors (Lipinski definition) is 1. The summed E-state index contributed by atoms with van der Waals surface area (Å²) in [7, 11) is 1.57. The molecule has 1 aromatic heterocycles. The summed E-state index contributed by atoms with van der Waals surface area (Å²) in [5.74, 6) is -0.148. The number of aryl methyl sites for hydroxylation is 1. The standard InChI is InChI=1S/C12H11ClN2O2S/c1-15-12(17)8(6-16)11(14-15)7-3-4-10(18-2)9(13)5-7/h3-6,17H,1-2H3. The fourth-order valence-corrected chi connectivity index (χ4v) is 2.54. The number of carbonyl (C=O) groups excluding carboxylic acids is 1. The van der Waals surface area contributed by atoms with E-state index in [1.807, 2.05) is 18.4 Å². The number of carbonyl (C=O) groups is 1. The third kappa shape index (κ3) is 2.11. The average Bonchev–Trinajstić information content (AvgIpc) is 2.65. The highest BCUT2D eigenvalue weighted by molar-refractivity contribution is 7.98. The summed E-state index contributed by atoms with van der Waals surface area (Å²) in [6.07, 6.45) is 2.53. The first-order valence-electron chi connectivity index (χ1n) is 5.13. The summed E-state index contributed by atoms with van der Waals surface area (Å²) in [5.41, 5.74) is 1.31. The number of nitrogens with zero attached hydrogens (tertiary/aromatic N) is 2. The maximum Gasteiger partial charge on any atom is 0.220 e. The third-order valence-corrected chi connectivity index (χ3v) is 3.82. The Bertz CT molecular complexity index is 610. The lowest BCUT2D eigenvalue weighted by molar-refractivity contribution is 0.112. The van der Waals surface area contributed by atoms with Crippen LogP contribution in [0.5, 0.6) is 5.88 Å². The molecule has 0 fully saturated rings. The maximum absolute atomic E-state index is 11.0. The fourth-order valence-electron chi connectivity index (χ4n) is 1.67. The molecule has 0 unspecified atom stereocenters. The molecule has 0 aliphatic heterocycles. The summed E-state index contributed by atoms with van der Waals surface area (Å²) < 4.78 is 1.26. The molecule has 0 saturated carbocycles. The first-order chi connectivity index (χ1) is 8.58. The molecule has 0 spiro atoms. The largest absolute Gasteiger partial charge is 0.493 e. The maximum atomic E-state index is 11.0. The average molecular weight is 283 g/mol. The van der Waals surface area contributed by atoms with E-state index in [0.29, 0.717) is 22.6 Å². The van der Waals surface area contributed by atoms with Crippen molar-refractivity contribution in [2.75, 3.05) is 6.26 Å². The number of aromatic hydroxyl groups is 1. The van der Waals surface area contributed by atoms with Gasteiger partial charge in [-0.3, -0.25) is 4.79 Å². The highest BCUT2D eigenvalue weighted by Crippen LogP contribution is 2.33. The van der Waals surface area contributed by atoms with Crippen LogP contribution in [0.25, 0.3) is 11.3 Å². The molecular formula is C12H11ClN2O2S. The van der Waals surface area contributed by atoms with Crippen molar-refractivity contribution in [2.24, 2.45) is 7.05 Å². The SMILES string of the molecule is CSc1ccc(-c2nn(C)c(O)c2C=O)cc1Cl. The Morgan fingerprint density at radius 3 is 2.78 bits per heavy atom. The van der Waals surface area contributed by atoms with E-state index in [2.05, 4.69) is 5.10 Å². The zero-order chi connectivity index (χ0) is 13.3. The quantitative estimate of drug-likeness (QED) is 0.695. The Morgan fingerprint density at radius 1 is 1.50 bits per heavy atom. The lowest BCUT2D eigenvalue weighted by Crippen LogP contribution is -1.89. The van der Waals surface area contributed by atoms with Crippen LogP contribution in [0.2, 0.25) is 5.02 Å². The molecule has 0 radical (unpaired) electrons. The summed E-state index contributed by atoms with van der Waals surface area (Å²) in [6.45, 7) is 0. The second-order valence-corrected chi connectivity index (χ2v) is 4.93. The Morgan fingerprint density at radius 2 is 2.22 bits per heavy atom. The monoisotopic (exact) mass is 282 g/mol.